The van der Waals surface area contributed by atoms with Crippen molar-refractivity contribution in [1.29, 1.82) is 0 Å². The molecule has 3 atom stereocenters. The lowest BCUT2D eigenvalue weighted by Gasteiger charge is -2.39. The molecule has 49 heavy (non-hydrogen) atoms. The number of amides is 1. The van der Waals surface area contributed by atoms with Crippen molar-refractivity contribution in [1.82, 2.24) is 4.90 Å². The van der Waals surface area contributed by atoms with Crippen molar-refractivity contribution in [3.63, 3.8) is 0 Å². The van der Waals surface area contributed by atoms with Crippen molar-refractivity contribution in [2.45, 2.75) is 116 Å². The van der Waals surface area contributed by atoms with Crippen LogP contribution in [-0.2, 0) is 38.4 Å². The van der Waals surface area contributed by atoms with Crippen LogP contribution < -0.4 is 0 Å². The highest BCUT2D eigenvalue weighted by molar-refractivity contribution is 6.74. The number of hydrogen-bond donors (Lipinski definition) is 0. The van der Waals surface area contributed by atoms with E-state index in [2.05, 4.69) is 43.9 Å². The minimum Gasteiger partial charge on any atom is -0.444 e. The summed E-state index contributed by atoms with van der Waals surface area (Å²) in [6.45, 7) is 18.4. The molecule has 0 saturated carbocycles. The molecule has 266 valence electrons. The molecule has 0 aromatic heterocycles. The standard InChI is InChI=1S/C39H56N4O5Si/c1-38(2,3)48-37(44)43(27-31-19-12-9-13-20-31)26-18-25-34(41-42-40)36(46-29-33-23-16-11-17-24-33)35(30-47-49(7,8)39(4,5)6)45-28-32-21-14-10-15-22-32/h9-17,19-24,34-36H,18,25-30H2,1-8H3/t34-,35-,36+/m0/s1. The van der Waals surface area contributed by atoms with Gasteiger partial charge in [-0.15, -0.1) is 0 Å². The Hall–Kier alpha value is -3.66. The predicted octanol–water partition coefficient (Wildman–Crippen LogP) is 10.1. The van der Waals surface area contributed by atoms with E-state index in [-0.39, 0.29) is 17.7 Å². The van der Waals surface area contributed by atoms with Crippen LogP contribution in [0.2, 0.25) is 18.1 Å². The van der Waals surface area contributed by atoms with Crippen LogP contribution in [0, 0.1) is 0 Å². The van der Waals surface area contributed by atoms with Crippen LogP contribution in [0.15, 0.2) is 96.1 Å². The summed E-state index contributed by atoms with van der Waals surface area (Å²) in [6, 6.07) is 29.2. The highest BCUT2D eigenvalue weighted by Gasteiger charge is 2.40. The first-order valence-corrected chi connectivity index (χ1v) is 20.1. The van der Waals surface area contributed by atoms with Crippen molar-refractivity contribution in [3.8, 4) is 0 Å². The quantitative estimate of drug-likeness (QED) is 0.0572. The van der Waals surface area contributed by atoms with Crippen LogP contribution in [0.25, 0.3) is 10.4 Å². The van der Waals surface area contributed by atoms with Crippen LogP contribution in [0.1, 0.15) is 71.1 Å². The second kappa shape index (κ2) is 18.9. The van der Waals surface area contributed by atoms with Gasteiger partial charge in [0.15, 0.2) is 8.32 Å². The van der Waals surface area contributed by atoms with Gasteiger partial charge in [-0.25, -0.2) is 4.79 Å². The zero-order valence-corrected chi connectivity index (χ0v) is 31.7. The largest absolute Gasteiger partial charge is 0.444 e. The summed E-state index contributed by atoms with van der Waals surface area (Å²) in [5, 5.41) is 4.28. The van der Waals surface area contributed by atoms with Gasteiger partial charge < -0.3 is 23.5 Å². The van der Waals surface area contributed by atoms with Crippen LogP contribution in [0.3, 0.4) is 0 Å². The first-order valence-electron chi connectivity index (χ1n) is 17.2. The highest BCUT2D eigenvalue weighted by Crippen LogP contribution is 2.37. The lowest BCUT2D eigenvalue weighted by molar-refractivity contribution is -0.111. The molecule has 0 bridgehead atoms. The molecule has 0 heterocycles. The van der Waals surface area contributed by atoms with Gasteiger partial charge in [-0.1, -0.05) is 117 Å². The molecule has 0 unspecified atom stereocenters. The van der Waals surface area contributed by atoms with Gasteiger partial charge in [0.25, 0.3) is 0 Å². The Morgan fingerprint density at radius 2 is 1.33 bits per heavy atom. The molecule has 9 nitrogen and oxygen atoms in total. The average molecular weight is 689 g/mol. The van der Waals surface area contributed by atoms with E-state index in [9.17, 15) is 10.3 Å². The summed E-state index contributed by atoms with van der Waals surface area (Å²) in [5.41, 5.74) is 12.2. The number of hydrogen-bond acceptors (Lipinski definition) is 6. The van der Waals surface area contributed by atoms with Gasteiger partial charge in [0.05, 0.1) is 32.0 Å². The molecule has 0 fully saturated rings. The predicted molar refractivity (Wildman–Crippen MR) is 198 cm³/mol. The fourth-order valence-corrected chi connectivity index (χ4v) is 5.98. The number of carbonyl (C=O) groups is 1. The summed E-state index contributed by atoms with van der Waals surface area (Å²) in [5.74, 6) is 0. The molecule has 0 aliphatic carbocycles. The second-order valence-corrected chi connectivity index (χ2v) is 19.8. The summed E-state index contributed by atoms with van der Waals surface area (Å²) in [4.78, 5) is 18.3. The van der Waals surface area contributed by atoms with E-state index in [4.69, 9.17) is 18.6 Å². The first kappa shape index (κ1) is 39.8. The van der Waals surface area contributed by atoms with Crippen molar-refractivity contribution >= 4 is 14.4 Å². The third-order valence-corrected chi connectivity index (χ3v) is 13.2. The van der Waals surface area contributed by atoms with E-state index >= 15 is 0 Å². The molecule has 3 aromatic rings. The lowest BCUT2D eigenvalue weighted by Crippen LogP contribution is -2.48. The molecule has 0 saturated heterocycles. The monoisotopic (exact) mass is 688 g/mol. The Labute approximate surface area is 294 Å². The number of carbonyl (C=O) groups excluding carboxylic acids is 1. The maximum absolute atomic E-state index is 13.3. The van der Waals surface area contributed by atoms with Gasteiger partial charge in [-0.3, -0.25) is 0 Å². The Kier molecular flexibility index (Phi) is 15.4. The van der Waals surface area contributed by atoms with Crippen molar-refractivity contribution in [2.24, 2.45) is 5.11 Å². The number of nitrogens with zero attached hydrogens (tertiary/aromatic N) is 4. The zero-order valence-electron chi connectivity index (χ0n) is 30.7. The fourth-order valence-electron chi connectivity index (χ4n) is 4.97. The van der Waals surface area contributed by atoms with Crippen LogP contribution in [0.5, 0.6) is 0 Å². The molecule has 0 N–H and O–H groups in total. The summed E-state index contributed by atoms with van der Waals surface area (Å²) < 4.78 is 25.8. The number of rotatable bonds is 18. The lowest BCUT2D eigenvalue weighted by atomic mass is 10.0. The average Bonchev–Trinajstić information content (AvgIpc) is 3.05. The normalized spacial score (nSPS) is 14.0. The molecule has 0 aliphatic heterocycles. The van der Waals surface area contributed by atoms with Gasteiger partial charge in [0.1, 0.15) is 11.7 Å². The maximum atomic E-state index is 13.3. The molecule has 1 amide bonds. The molecular formula is C39H56N4O5Si. The van der Waals surface area contributed by atoms with Gasteiger partial charge in [-0.05, 0) is 74.0 Å². The van der Waals surface area contributed by atoms with Crippen molar-refractivity contribution in [3.05, 3.63) is 118 Å². The first-order chi connectivity index (χ1) is 23.2. The summed E-state index contributed by atoms with van der Waals surface area (Å²) in [6.07, 6.45) is -0.521. The molecule has 3 rings (SSSR count). The van der Waals surface area contributed by atoms with Gasteiger partial charge in [-0.2, -0.15) is 0 Å². The molecule has 3 aromatic carbocycles. The molecular weight excluding hydrogens is 633 g/mol. The van der Waals surface area contributed by atoms with E-state index < -0.39 is 32.2 Å². The Morgan fingerprint density at radius 1 is 0.816 bits per heavy atom. The third-order valence-electron chi connectivity index (χ3n) is 8.75. The van der Waals surface area contributed by atoms with E-state index in [1.807, 2.05) is 112 Å². The van der Waals surface area contributed by atoms with Gasteiger partial charge in [0.2, 0.25) is 0 Å². The highest BCUT2D eigenvalue weighted by atomic mass is 28.4. The molecule has 0 aliphatic rings. The maximum Gasteiger partial charge on any atom is 0.410 e. The summed E-state index contributed by atoms with van der Waals surface area (Å²) >= 11 is 0. The smallest absolute Gasteiger partial charge is 0.410 e. The Balaban J connectivity index is 1.90. The Morgan fingerprint density at radius 3 is 1.82 bits per heavy atom. The Bertz CT molecular complexity index is 1440. The minimum atomic E-state index is -2.17. The van der Waals surface area contributed by atoms with E-state index in [1.54, 1.807) is 4.90 Å². The topological polar surface area (TPSA) is 106 Å². The van der Waals surface area contributed by atoms with E-state index in [0.29, 0.717) is 39.1 Å². The molecule has 10 heteroatoms. The third kappa shape index (κ3) is 14.0. The molecule has 0 radical (unpaired) electrons. The number of benzene rings is 3. The van der Waals surface area contributed by atoms with Crippen molar-refractivity contribution in [2.75, 3.05) is 13.2 Å². The van der Waals surface area contributed by atoms with Gasteiger partial charge >= 0.3 is 6.09 Å². The van der Waals surface area contributed by atoms with E-state index in [0.717, 1.165) is 16.7 Å². The number of ether oxygens (including phenoxy) is 3. The van der Waals surface area contributed by atoms with Crippen LogP contribution in [0.4, 0.5) is 4.79 Å². The van der Waals surface area contributed by atoms with Crippen molar-refractivity contribution < 1.29 is 23.4 Å². The SMILES string of the molecule is CC(C)(C)OC(=O)N(CCC[C@H](N=[N+]=[N-])[C@@H](OCc1ccccc1)[C@H](CO[Si](C)(C)C(C)(C)C)OCc1ccccc1)Cc1ccccc1. The minimum absolute atomic E-state index is 0.00848. The second-order valence-electron chi connectivity index (χ2n) is 15.0. The zero-order chi connectivity index (χ0) is 35.9. The van der Waals surface area contributed by atoms with Gasteiger partial charge in [0, 0.05) is 18.0 Å². The summed E-state index contributed by atoms with van der Waals surface area (Å²) in [7, 11) is -2.17. The fraction of sp³-hybridized carbons (Fsp3) is 0.513. The van der Waals surface area contributed by atoms with E-state index in [1.165, 1.54) is 0 Å². The van der Waals surface area contributed by atoms with Crippen LogP contribution >= 0.6 is 0 Å². The van der Waals surface area contributed by atoms with Crippen LogP contribution in [-0.4, -0.2) is 56.3 Å². The molecule has 0 spiro atoms. The number of azide groups is 1.